The van der Waals surface area contributed by atoms with E-state index in [2.05, 4.69) is 223 Å². The fourth-order valence-electron chi connectivity index (χ4n) is 9.53. The van der Waals surface area contributed by atoms with Gasteiger partial charge in [0.15, 0.2) is 0 Å². The quantitative estimate of drug-likeness (QED) is 0.157. The highest BCUT2D eigenvalue weighted by Gasteiger charge is 2.22. The van der Waals surface area contributed by atoms with E-state index in [9.17, 15) is 0 Å². The topological polar surface area (TPSA) is 3.24 Å². The second kappa shape index (κ2) is 14.9. The highest BCUT2D eigenvalue weighted by molar-refractivity contribution is 6.00. The summed E-state index contributed by atoms with van der Waals surface area (Å²) in [5.74, 6) is 0.316. The van der Waals surface area contributed by atoms with Gasteiger partial charge in [0.2, 0.25) is 0 Å². The van der Waals surface area contributed by atoms with Crippen LogP contribution in [0.2, 0.25) is 0 Å². The molecule has 1 nitrogen and oxygen atoms in total. The minimum atomic E-state index is 0.316. The molecule has 0 heterocycles. The molecular weight excluding hydrogens is 711 g/mol. The van der Waals surface area contributed by atoms with Gasteiger partial charge in [-0.25, -0.2) is 0 Å². The summed E-state index contributed by atoms with van der Waals surface area (Å²) in [6.07, 6.45) is 10.3. The number of hydrogen-bond donors (Lipinski definition) is 0. The Labute approximate surface area is 346 Å². The van der Waals surface area contributed by atoms with Crippen LogP contribution in [0.5, 0.6) is 0 Å². The summed E-state index contributed by atoms with van der Waals surface area (Å²) >= 11 is 0. The van der Waals surface area contributed by atoms with Gasteiger partial charge in [0.25, 0.3) is 0 Å². The van der Waals surface area contributed by atoms with Crippen molar-refractivity contribution in [3.05, 3.63) is 240 Å². The lowest BCUT2D eigenvalue weighted by Crippen LogP contribution is -2.09. The first-order valence-electron chi connectivity index (χ1n) is 20.9. The lowest BCUT2D eigenvalue weighted by molar-refractivity contribution is 0.832. The third-order valence-corrected chi connectivity index (χ3v) is 12.5. The Morgan fingerprint density at radius 3 is 1.86 bits per heavy atom. The first kappa shape index (κ1) is 35.0. The first-order chi connectivity index (χ1) is 29.2. The van der Waals surface area contributed by atoms with E-state index in [-0.39, 0.29) is 0 Å². The van der Waals surface area contributed by atoms with Gasteiger partial charge >= 0.3 is 0 Å². The van der Waals surface area contributed by atoms with Crippen molar-refractivity contribution < 1.29 is 0 Å². The van der Waals surface area contributed by atoms with Crippen LogP contribution < -0.4 is 4.90 Å². The standard InChI is InChI=1S/C58H43N/c1-4-13-42(14-5-1)58-56-19-11-10-12-41(56)28-35-57(58)50-30-34-55-49(39-50)25-24-48-38-47(29-33-54(48)55)46-23-22-44-36-43(20-21-45(44)37-46)40-26-31-53(32-27-40)59(51-15-6-2-7-16-51)52-17-8-3-9-18-52/h1-21,24-38,50H,22-23,39H2. The SMILES string of the molecule is C1=CC(c2ccc3ccccc3c2-c2ccccc2)Cc2ccc3cc(C4=Cc5ccc(-c6ccc(N(c7ccccc7)c7ccccc7)cc6)cc5CC4)ccc3c21. The largest absolute Gasteiger partial charge is 0.311 e. The van der Waals surface area contributed by atoms with Crippen LogP contribution in [-0.4, -0.2) is 0 Å². The van der Waals surface area contributed by atoms with Gasteiger partial charge in [0.05, 0.1) is 0 Å². The molecular formula is C58H43N. The number of para-hydroxylation sites is 2. The molecule has 0 aromatic heterocycles. The minimum Gasteiger partial charge on any atom is -0.311 e. The second-order valence-corrected chi connectivity index (χ2v) is 16.0. The van der Waals surface area contributed by atoms with E-state index in [0.717, 1.165) is 36.3 Å². The molecule has 0 bridgehead atoms. The fraction of sp³-hybridized carbons (Fsp3) is 0.0690. The number of nitrogens with zero attached hydrogens (tertiary/aromatic N) is 1. The average Bonchev–Trinajstić information content (AvgIpc) is 3.31. The summed E-state index contributed by atoms with van der Waals surface area (Å²) in [5, 5.41) is 5.26. The zero-order valence-electron chi connectivity index (χ0n) is 32.9. The fourth-order valence-corrected chi connectivity index (χ4v) is 9.53. The van der Waals surface area contributed by atoms with Gasteiger partial charge in [0, 0.05) is 23.0 Å². The zero-order chi connectivity index (χ0) is 39.1. The normalized spacial score (nSPS) is 14.4. The molecule has 59 heavy (non-hydrogen) atoms. The predicted molar refractivity (Wildman–Crippen MR) is 252 cm³/mol. The molecule has 2 aliphatic rings. The molecule has 0 saturated carbocycles. The van der Waals surface area contributed by atoms with E-state index >= 15 is 0 Å². The van der Waals surface area contributed by atoms with Crippen molar-refractivity contribution in [2.75, 3.05) is 4.90 Å². The Morgan fingerprint density at radius 2 is 1.08 bits per heavy atom. The Kier molecular flexibility index (Phi) is 8.86. The van der Waals surface area contributed by atoms with Gasteiger partial charge in [-0.2, -0.15) is 0 Å². The Bertz CT molecular complexity index is 3010. The van der Waals surface area contributed by atoms with Gasteiger partial charge < -0.3 is 4.90 Å². The van der Waals surface area contributed by atoms with Gasteiger partial charge in [0.1, 0.15) is 0 Å². The van der Waals surface area contributed by atoms with Crippen LogP contribution in [0.15, 0.2) is 206 Å². The molecule has 11 rings (SSSR count). The predicted octanol–water partition coefficient (Wildman–Crippen LogP) is 15.6. The number of rotatable bonds is 7. The second-order valence-electron chi connectivity index (χ2n) is 16.0. The van der Waals surface area contributed by atoms with Crippen LogP contribution in [0.4, 0.5) is 17.1 Å². The summed E-state index contributed by atoms with van der Waals surface area (Å²) in [5.41, 5.74) is 18.2. The maximum Gasteiger partial charge on any atom is 0.0462 e. The molecule has 1 atom stereocenters. The van der Waals surface area contributed by atoms with Crippen LogP contribution in [0.25, 0.3) is 61.5 Å². The van der Waals surface area contributed by atoms with Crippen LogP contribution in [0.3, 0.4) is 0 Å². The summed E-state index contributed by atoms with van der Waals surface area (Å²) in [4.78, 5) is 2.31. The maximum atomic E-state index is 2.44. The van der Waals surface area contributed by atoms with Gasteiger partial charge in [-0.1, -0.05) is 176 Å². The minimum absolute atomic E-state index is 0.316. The summed E-state index contributed by atoms with van der Waals surface area (Å²) in [6.45, 7) is 0. The number of anilines is 3. The molecule has 0 spiro atoms. The Morgan fingerprint density at radius 1 is 0.424 bits per heavy atom. The number of hydrogen-bond acceptors (Lipinski definition) is 1. The van der Waals surface area contributed by atoms with E-state index in [0.29, 0.717) is 5.92 Å². The van der Waals surface area contributed by atoms with Crippen molar-refractivity contribution in [3.8, 4) is 22.3 Å². The van der Waals surface area contributed by atoms with Crippen molar-refractivity contribution in [1.82, 2.24) is 0 Å². The molecule has 0 fully saturated rings. The van der Waals surface area contributed by atoms with E-state index < -0.39 is 0 Å². The van der Waals surface area contributed by atoms with Crippen LogP contribution in [0.1, 0.15) is 45.7 Å². The third-order valence-electron chi connectivity index (χ3n) is 12.5. The number of aryl methyl sites for hydroxylation is 1. The van der Waals surface area contributed by atoms with Crippen molar-refractivity contribution in [2.45, 2.75) is 25.2 Å². The van der Waals surface area contributed by atoms with Crippen LogP contribution >= 0.6 is 0 Å². The number of benzene rings is 9. The number of fused-ring (bicyclic) bond motifs is 5. The first-order valence-corrected chi connectivity index (χ1v) is 20.9. The zero-order valence-corrected chi connectivity index (χ0v) is 32.9. The smallest absolute Gasteiger partial charge is 0.0462 e. The lowest BCUT2D eigenvalue weighted by atomic mass is 9.79. The monoisotopic (exact) mass is 753 g/mol. The maximum absolute atomic E-state index is 2.44. The van der Waals surface area contributed by atoms with Gasteiger partial charge in [-0.15, -0.1) is 0 Å². The van der Waals surface area contributed by atoms with Crippen LogP contribution in [0, 0.1) is 0 Å². The van der Waals surface area contributed by atoms with E-state index in [4.69, 9.17) is 0 Å². The molecule has 0 radical (unpaired) electrons. The highest BCUT2D eigenvalue weighted by Crippen LogP contribution is 2.42. The highest BCUT2D eigenvalue weighted by atomic mass is 15.1. The van der Waals surface area contributed by atoms with Crippen molar-refractivity contribution in [1.29, 1.82) is 0 Å². The van der Waals surface area contributed by atoms with Crippen molar-refractivity contribution in [3.63, 3.8) is 0 Å². The average molecular weight is 754 g/mol. The summed E-state index contributed by atoms with van der Waals surface area (Å²) in [6, 6.07) is 73.4. The molecule has 1 heteroatoms. The molecule has 0 aliphatic heterocycles. The molecule has 0 saturated heterocycles. The Balaban J connectivity index is 0.849. The van der Waals surface area contributed by atoms with E-state index in [1.54, 1.807) is 0 Å². The Hall–Kier alpha value is -7.22. The van der Waals surface area contributed by atoms with Crippen LogP contribution in [-0.2, 0) is 12.8 Å². The van der Waals surface area contributed by atoms with Crippen molar-refractivity contribution >= 4 is 56.3 Å². The number of allylic oxidation sites excluding steroid dienone is 2. The molecule has 1 unspecified atom stereocenters. The summed E-state index contributed by atoms with van der Waals surface area (Å²) in [7, 11) is 0. The molecule has 9 aromatic carbocycles. The van der Waals surface area contributed by atoms with E-state index in [1.807, 2.05) is 0 Å². The molecule has 280 valence electrons. The van der Waals surface area contributed by atoms with E-state index in [1.165, 1.54) is 82.8 Å². The molecule has 0 amide bonds. The van der Waals surface area contributed by atoms with Crippen molar-refractivity contribution in [2.24, 2.45) is 0 Å². The van der Waals surface area contributed by atoms with Gasteiger partial charge in [-0.05, 0) is 144 Å². The third kappa shape index (κ3) is 6.55. The molecule has 0 N–H and O–H groups in total. The van der Waals surface area contributed by atoms with Gasteiger partial charge in [-0.3, -0.25) is 0 Å². The summed E-state index contributed by atoms with van der Waals surface area (Å²) < 4.78 is 0. The lowest BCUT2D eigenvalue weighted by Gasteiger charge is -2.25. The molecule has 2 aliphatic carbocycles. The molecule has 9 aromatic rings.